The monoisotopic (exact) mass is 540 g/mol. The van der Waals surface area contributed by atoms with E-state index in [1.54, 1.807) is 0 Å². The zero-order valence-electron chi connectivity index (χ0n) is 23.7. The zero-order valence-corrected chi connectivity index (χ0v) is 24.5. The first-order valence-electron chi connectivity index (χ1n) is 15.0. The molecule has 2 aromatic heterocycles. The fourth-order valence-corrected chi connectivity index (χ4v) is 6.91. The van der Waals surface area contributed by atoms with Gasteiger partial charge in [-0.2, -0.15) is 0 Å². The molecule has 0 saturated carbocycles. The number of fused-ring (bicyclic) bond motifs is 9. The molecule has 6 aromatic rings. The van der Waals surface area contributed by atoms with E-state index in [4.69, 9.17) is 4.42 Å². The first-order valence-corrected chi connectivity index (χ1v) is 15.8. The summed E-state index contributed by atoms with van der Waals surface area (Å²) in [7, 11) is 0. The van der Waals surface area contributed by atoms with Gasteiger partial charge in [0.15, 0.2) is 0 Å². The third-order valence-electron chi connectivity index (χ3n) is 7.85. The zero-order chi connectivity index (χ0) is 27.3. The van der Waals surface area contributed by atoms with Crippen LogP contribution < -0.4 is 0 Å². The van der Waals surface area contributed by atoms with E-state index in [9.17, 15) is 0 Å². The van der Waals surface area contributed by atoms with Gasteiger partial charge in [-0.25, -0.2) is 0 Å². The van der Waals surface area contributed by atoms with Crippen molar-refractivity contribution in [3.8, 4) is 23.7 Å². The SMILES string of the molecule is CCCCCCC#Cc1ccc2c(c1)oc1c2ccc2c1ccc1c3ccc(C#CCCCCCC)cc3sc12. The lowest BCUT2D eigenvalue weighted by Crippen LogP contribution is -1.77. The second kappa shape index (κ2) is 12.2. The summed E-state index contributed by atoms with van der Waals surface area (Å²) in [6.07, 6.45) is 12.0. The topological polar surface area (TPSA) is 13.1 Å². The summed E-state index contributed by atoms with van der Waals surface area (Å²) in [6.45, 7) is 4.49. The first kappa shape index (κ1) is 26.5. The molecule has 40 heavy (non-hydrogen) atoms. The summed E-state index contributed by atoms with van der Waals surface area (Å²) in [6, 6.07) is 22.1. The lowest BCUT2D eigenvalue weighted by atomic mass is 10.0. The van der Waals surface area contributed by atoms with Gasteiger partial charge in [-0.15, -0.1) is 11.3 Å². The van der Waals surface area contributed by atoms with Gasteiger partial charge in [0.25, 0.3) is 0 Å². The quantitative estimate of drug-likeness (QED) is 0.138. The van der Waals surface area contributed by atoms with E-state index in [0.717, 1.165) is 40.5 Å². The van der Waals surface area contributed by atoms with E-state index in [2.05, 4.69) is 98.2 Å². The molecule has 0 fully saturated rings. The standard InChI is InChI=1S/C38H36OS/c1-3-5-7-9-11-13-15-27-17-19-29-31-21-24-34-32(37(31)39-35(29)25-27)22-23-33-30-20-18-28(26-36(30)40-38(33)34)16-14-12-10-8-6-4-2/h17-26H,3-12H2,1-2H3. The first-order chi connectivity index (χ1) is 19.8. The summed E-state index contributed by atoms with van der Waals surface area (Å²) < 4.78 is 9.11. The number of unbranched alkanes of at least 4 members (excludes halogenated alkanes) is 8. The number of furan rings is 1. The number of benzene rings is 4. The van der Waals surface area contributed by atoms with Gasteiger partial charge in [-0.1, -0.05) is 94.3 Å². The molecule has 0 amide bonds. The molecule has 0 saturated heterocycles. The molecule has 4 aromatic carbocycles. The lowest BCUT2D eigenvalue weighted by molar-refractivity contribution is 0.672. The van der Waals surface area contributed by atoms with Crippen molar-refractivity contribution in [2.75, 3.05) is 0 Å². The minimum absolute atomic E-state index is 0.912. The third kappa shape index (κ3) is 5.35. The maximum atomic E-state index is 6.51. The fraction of sp³-hybridized carbons (Fsp3) is 0.316. The Morgan fingerprint density at radius 3 is 1.80 bits per heavy atom. The molecule has 0 spiro atoms. The molecule has 0 N–H and O–H groups in total. The van der Waals surface area contributed by atoms with E-state index in [0.29, 0.717) is 0 Å². The van der Waals surface area contributed by atoms with Gasteiger partial charge in [0.1, 0.15) is 11.2 Å². The Morgan fingerprint density at radius 1 is 0.575 bits per heavy atom. The maximum absolute atomic E-state index is 6.51. The average molecular weight is 541 g/mol. The molecule has 0 aliphatic carbocycles. The summed E-state index contributed by atoms with van der Waals surface area (Å²) in [5.74, 6) is 13.5. The predicted octanol–water partition coefficient (Wildman–Crippen LogP) is 11.8. The maximum Gasteiger partial charge on any atom is 0.143 e. The Bertz CT molecular complexity index is 1800. The van der Waals surface area contributed by atoms with Crippen molar-refractivity contribution in [3.05, 3.63) is 71.8 Å². The van der Waals surface area contributed by atoms with Gasteiger partial charge in [0.05, 0.1) is 0 Å². The molecule has 6 rings (SSSR count). The van der Waals surface area contributed by atoms with Crippen LogP contribution >= 0.6 is 11.3 Å². The van der Waals surface area contributed by atoms with Gasteiger partial charge < -0.3 is 4.42 Å². The van der Waals surface area contributed by atoms with E-state index in [1.807, 2.05) is 11.3 Å². The molecule has 1 nitrogen and oxygen atoms in total. The van der Waals surface area contributed by atoms with Crippen molar-refractivity contribution < 1.29 is 4.42 Å². The molecule has 0 aliphatic rings. The van der Waals surface area contributed by atoms with Crippen LogP contribution in [0.2, 0.25) is 0 Å². The van der Waals surface area contributed by atoms with Gasteiger partial charge in [0.2, 0.25) is 0 Å². The highest BCUT2D eigenvalue weighted by molar-refractivity contribution is 7.26. The number of thiophene rings is 1. The van der Waals surface area contributed by atoms with Gasteiger partial charge in [-0.3, -0.25) is 0 Å². The van der Waals surface area contributed by atoms with Crippen LogP contribution in [0.1, 0.15) is 89.2 Å². The van der Waals surface area contributed by atoms with Gasteiger partial charge in [-0.05, 0) is 55.3 Å². The van der Waals surface area contributed by atoms with E-state index < -0.39 is 0 Å². The molecule has 2 heterocycles. The van der Waals surface area contributed by atoms with Crippen molar-refractivity contribution in [1.82, 2.24) is 0 Å². The van der Waals surface area contributed by atoms with Gasteiger partial charge >= 0.3 is 0 Å². The number of hydrogen-bond acceptors (Lipinski definition) is 2. The Balaban J connectivity index is 1.33. The van der Waals surface area contributed by atoms with Crippen LogP contribution in [0.15, 0.2) is 65.1 Å². The number of hydrogen-bond donors (Lipinski definition) is 0. The van der Waals surface area contributed by atoms with E-state index >= 15 is 0 Å². The van der Waals surface area contributed by atoms with E-state index in [-0.39, 0.29) is 0 Å². The molecular formula is C38H36OS. The largest absolute Gasteiger partial charge is 0.455 e. The van der Waals surface area contributed by atoms with Crippen LogP contribution in [0.3, 0.4) is 0 Å². The summed E-state index contributed by atoms with van der Waals surface area (Å²) in [5, 5.41) is 7.35. The van der Waals surface area contributed by atoms with Crippen LogP contribution in [0.25, 0.3) is 52.9 Å². The molecule has 0 radical (unpaired) electrons. The Hall–Kier alpha value is -3.72. The van der Waals surface area contributed by atoms with E-state index in [1.165, 1.54) is 87.7 Å². The van der Waals surface area contributed by atoms with Crippen LogP contribution in [0.5, 0.6) is 0 Å². The van der Waals surface area contributed by atoms with Gasteiger partial charge in [0, 0.05) is 65.7 Å². The lowest BCUT2D eigenvalue weighted by Gasteiger charge is -2.01. The Morgan fingerprint density at radius 2 is 1.12 bits per heavy atom. The van der Waals surface area contributed by atoms with Crippen molar-refractivity contribution in [1.29, 1.82) is 0 Å². The average Bonchev–Trinajstić information content (AvgIpc) is 3.54. The molecule has 0 aliphatic heterocycles. The molecule has 0 atom stereocenters. The third-order valence-corrected chi connectivity index (χ3v) is 9.05. The van der Waals surface area contributed by atoms with Crippen molar-refractivity contribution in [2.45, 2.75) is 78.1 Å². The van der Waals surface area contributed by atoms with Crippen molar-refractivity contribution in [3.63, 3.8) is 0 Å². The highest BCUT2D eigenvalue weighted by Crippen LogP contribution is 2.42. The fourth-order valence-electron chi connectivity index (χ4n) is 5.64. The van der Waals surface area contributed by atoms with Crippen molar-refractivity contribution in [2.24, 2.45) is 0 Å². The second-order valence-corrected chi connectivity index (χ2v) is 11.9. The number of rotatable bonds is 8. The highest BCUT2D eigenvalue weighted by atomic mass is 32.1. The Kier molecular flexibility index (Phi) is 8.09. The summed E-state index contributed by atoms with van der Waals surface area (Å²) in [5.41, 5.74) is 4.01. The molecule has 2 heteroatoms. The second-order valence-electron chi connectivity index (χ2n) is 10.8. The molecule has 200 valence electrons. The molecule has 0 bridgehead atoms. The predicted molar refractivity (Wildman–Crippen MR) is 175 cm³/mol. The molecular weight excluding hydrogens is 504 g/mol. The van der Waals surface area contributed by atoms with Crippen molar-refractivity contribution >= 4 is 64.2 Å². The summed E-state index contributed by atoms with van der Waals surface area (Å²) >= 11 is 1.86. The van der Waals surface area contributed by atoms with Crippen LogP contribution in [0, 0.1) is 23.7 Å². The Labute approximate surface area is 241 Å². The smallest absolute Gasteiger partial charge is 0.143 e. The van der Waals surface area contributed by atoms with Crippen LogP contribution in [0.4, 0.5) is 0 Å². The minimum atomic E-state index is 0.912. The molecule has 0 unspecified atom stereocenters. The van der Waals surface area contributed by atoms with Crippen LogP contribution in [-0.4, -0.2) is 0 Å². The normalized spacial score (nSPS) is 11.3. The minimum Gasteiger partial charge on any atom is -0.455 e. The summed E-state index contributed by atoms with van der Waals surface area (Å²) in [4.78, 5) is 0. The van der Waals surface area contributed by atoms with Crippen LogP contribution in [-0.2, 0) is 0 Å². The highest BCUT2D eigenvalue weighted by Gasteiger charge is 2.14.